The molecule has 2 aromatic rings. The summed E-state index contributed by atoms with van der Waals surface area (Å²) >= 11 is 0. The SMILES string of the molecule is C=C[C@H]1CC[C@@H](C)c2cc3c4c(c[nH]c4c21)CCNC(=O)C(C(C)C)N3C. The van der Waals surface area contributed by atoms with Crippen molar-refractivity contribution in [2.45, 2.75) is 57.9 Å². The summed E-state index contributed by atoms with van der Waals surface area (Å²) < 4.78 is 0. The molecule has 0 saturated heterocycles. The Kier molecular flexibility index (Phi) is 4.53. The van der Waals surface area contributed by atoms with Crippen molar-refractivity contribution < 1.29 is 4.79 Å². The highest BCUT2D eigenvalue weighted by Crippen LogP contribution is 2.47. The van der Waals surface area contributed by atoms with Gasteiger partial charge in [-0.2, -0.15) is 0 Å². The van der Waals surface area contributed by atoms with Crippen molar-refractivity contribution in [3.8, 4) is 0 Å². The van der Waals surface area contributed by atoms with E-state index in [1.165, 1.54) is 39.7 Å². The Morgan fingerprint density at radius 3 is 2.81 bits per heavy atom. The summed E-state index contributed by atoms with van der Waals surface area (Å²) in [4.78, 5) is 18.6. The Morgan fingerprint density at radius 2 is 2.11 bits per heavy atom. The number of hydrogen-bond donors (Lipinski definition) is 2. The van der Waals surface area contributed by atoms with Gasteiger partial charge < -0.3 is 15.2 Å². The summed E-state index contributed by atoms with van der Waals surface area (Å²) in [7, 11) is 2.08. The average molecular weight is 366 g/mol. The number of carbonyl (C=O) groups excluding carboxylic acids is 1. The molecule has 1 aromatic carbocycles. The van der Waals surface area contributed by atoms with Crippen LogP contribution in [0.5, 0.6) is 0 Å². The lowest BCUT2D eigenvalue weighted by molar-refractivity contribution is -0.123. The van der Waals surface area contributed by atoms with Crippen LogP contribution in [0, 0.1) is 5.92 Å². The molecule has 1 unspecified atom stereocenters. The van der Waals surface area contributed by atoms with Crippen molar-refractivity contribution in [2.75, 3.05) is 18.5 Å². The lowest BCUT2D eigenvalue weighted by Gasteiger charge is -2.35. The summed E-state index contributed by atoms with van der Waals surface area (Å²) in [5.74, 6) is 1.29. The first-order valence-electron chi connectivity index (χ1n) is 10.2. The topological polar surface area (TPSA) is 48.1 Å². The molecule has 0 saturated carbocycles. The maximum absolute atomic E-state index is 12.8. The van der Waals surface area contributed by atoms with E-state index < -0.39 is 0 Å². The number of anilines is 1. The minimum absolute atomic E-state index is 0.129. The molecule has 0 radical (unpaired) electrons. The fourth-order valence-electron chi connectivity index (χ4n) is 5.16. The van der Waals surface area contributed by atoms with E-state index in [9.17, 15) is 4.79 Å². The molecule has 1 aliphatic heterocycles. The highest BCUT2D eigenvalue weighted by molar-refractivity contribution is 6.01. The number of aromatic nitrogens is 1. The molecule has 144 valence electrons. The second-order valence-electron chi connectivity index (χ2n) is 8.62. The molecule has 3 atom stereocenters. The van der Waals surface area contributed by atoms with Crippen molar-refractivity contribution in [2.24, 2.45) is 5.92 Å². The number of benzene rings is 1. The Bertz CT molecular complexity index is 895. The first-order chi connectivity index (χ1) is 12.9. The Morgan fingerprint density at radius 1 is 1.33 bits per heavy atom. The van der Waals surface area contributed by atoms with Crippen LogP contribution in [-0.4, -0.2) is 30.5 Å². The van der Waals surface area contributed by atoms with Gasteiger partial charge in [-0.15, -0.1) is 6.58 Å². The summed E-state index contributed by atoms with van der Waals surface area (Å²) in [5.41, 5.74) is 6.56. The van der Waals surface area contributed by atoms with Crippen molar-refractivity contribution in [1.82, 2.24) is 10.3 Å². The first-order valence-corrected chi connectivity index (χ1v) is 10.2. The van der Waals surface area contributed by atoms with Crippen LogP contribution < -0.4 is 10.2 Å². The van der Waals surface area contributed by atoms with E-state index in [1.54, 1.807) is 0 Å². The van der Waals surface area contributed by atoms with Gasteiger partial charge in [-0.25, -0.2) is 0 Å². The number of carbonyl (C=O) groups is 1. The number of aromatic amines is 1. The average Bonchev–Trinajstić information content (AvgIpc) is 3.06. The fourth-order valence-corrected chi connectivity index (χ4v) is 5.16. The number of amides is 1. The van der Waals surface area contributed by atoms with Crippen molar-refractivity contribution >= 4 is 22.5 Å². The molecule has 1 aromatic heterocycles. The minimum Gasteiger partial charge on any atom is -0.362 e. The molecule has 2 aliphatic rings. The number of likely N-dealkylation sites (N-methyl/N-ethyl adjacent to an activating group) is 1. The zero-order chi connectivity index (χ0) is 19.3. The van der Waals surface area contributed by atoms with Crippen LogP contribution in [0.15, 0.2) is 24.9 Å². The third-order valence-electron chi connectivity index (χ3n) is 6.58. The lowest BCUT2D eigenvalue weighted by atomic mass is 9.76. The predicted molar refractivity (Wildman–Crippen MR) is 113 cm³/mol. The molecule has 27 heavy (non-hydrogen) atoms. The molecular formula is C23H31N3O. The standard InChI is InChI=1S/C23H31N3O/c1-6-15-8-7-14(4)17-11-18-20-16(12-25-21(20)19(15)17)9-10-24-23(27)22(13(2)3)26(18)5/h6,11-15,22,25H,1,7-10H2,2-5H3,(H,24,27)/t14-,15+,22?/m1/s1. The normalized spacial score (nSPS) is 25.6. The van der Waals surface area contributed by atoms with Crippen LogP contribution in [0.2, 0.25) is 0 Å². The number of fused-ring (bicyclic) bond motifs is 2. The quantitative estimate of drug-likeness (QED) is 0.772. The Balaban J connectivity index is 2.02. The van der Waals surface area contributed by atoms with E-state index in [0.717, 1.165) is 12.8 Å². The van der Waals surface area contributed by atoms with Gasteiger partial charge in [0.15, 0.2) is 0 Å². The second-order valence-corrected chi connectivity index (χ2v) is 8.62. The number of rotatable bonds is 2. The largest absolute Gasteiger partial charge is 0.362 e. The number of H-pyrrole nitrogens is 1. The van der Waals surface area contributed by atoms with Crippen LogP contribution in [0.3, 0.4) is 0 Å². The van der Waals surface area contributed by atoms with Crippen LogP contribution in [-0.2, 0) is 11.2 Å². The van der Waals surface area contributed by atoms with E-state index in [1.807, 2.05) is 0 Å². The van der Waals surface area contributed by atoms with Gasteiger partial charge in [0.05, 0.1) is 5.52 Å². The number of nitrogens with zero attached hydrogens (tertiary/aromatic N) is 1. The molecule has 0 bridgehead atoms. The van der Waals surface area contributed by atoms with E-state index >= 15 is 0 Å². The first kappa shape index (κ1) is 18.1. The van der Waals surface area contributed by atoms with Gasteiger partial charge in [0.25, 0.3) is 0 Å². The summed E-state index contributed by atoms with van der Waals surface area (Å²) in [6.45, 7) is 11.4. The molecule has 4 nitrogen and oxygen atoms in total. The van der Waals surface area contributed by atoms with Crippen LogP contribution in [0.25, 0.3) is 10.9 Å². The van der Waals surface area contributed by atoms with Crippen molar-refractivity contribution in [3.63, 3.8) is 0 Å². The molecule has 1 amide bonds. The van der Waals surface area contributed by atoms with Gasteiger partial charge in [-0.3, -0.25) is 4.79 Å². The van der Waals surface area contributed by atoms with Gasteiger partial charge >= 0.3 is 0 Å². The molecule has 2 N–H and O–H groups in total. The maximum Gasteiger partial charge on any atom is 0.242 e. The van der Waals surface area contributed by atoms with E-state index in [0.29, 0.717) is 18.4 Å². The minimum atomic E-state index is -0.166. The molecule has 0 fully saturated rings. The summed E-state index contributed by atoms with van der Waals surface area (Å²) in [6.07, 6.45) is 7.44. The van der Waals surface area contributed by atoms with E-state index in [4.69, 9.17) is 0 Å². The monoisotopic (exact) mass is 365 g/mol. The zero-order valence-corrected chi connectivity index (χ0v) is 16.9. The van der Waals surface area contributed by atoms with Gasteiger partial charge in [-0.1, -0.05) is 26.8 Å². The number of hydrogen-bond acceptors (Lipinski definition) is 2. The van der Waals surface area contributed by atoms with Crippen molar-refractivity contribution in [1.29, 1.82) is 0 Å². The van der Waals surface area contributed by atoms with Crippen LogP contribution >= 0.6 is 0 Å². The maximum atomic E-state index is 12.8. The Hall–Kier alpha value is -2.23. The summed E-state index contributed by atoms with van der Waals surface area (Å²) in [6, 6.07) is 2.20. The number of allylic oxidation sites excluding steroid dienone is 1. The third-order valence-corrected chi connectivity index (χ3v) is 6.58. The molecular weight excluding hydrogens is 334 g/mol. The smallest absolute Gasteiger partial charge is 0.242 e. The summed E-state index contributed by atoms with van der Waals surface area (Å²) in [5, 5.41) is 4.43. The molecule has 4 heteroatoms. The zero-order valence-electron chi connectivity index (χ0n) is 16.9. The molecule has 1 aliphatic carbocycles. The highest BCUT2D eigenvalue weighted by Gasteiger charge is 2.33. The van der Waals surface area contributed by atoms with Gasteiger partial charge in [-0.05, 0) is 53.9 Å². The Labute approximate surface area is 162 Å². The lowest BCUT2D eigenvalue weighted by Crippen LogP contribution is -2.48. The van der Waals surface area contributed by atoms with Crippen LogP contribution in [0.1, 0.15) is 62.1 Å². The van der Waals surface area contributed by atoms with E-state index in [-0.39, 0.29) is 17.9 Å². The molecule has 2 heterocycles. The number of nitrogens with one attached hydrogen (secondary N) is 2. The van der Waals surface area contributed by atoms with Gasteiger partial charge in [0.2, 0.25) is 5.91 Å². The fraction of sp³-hybridized carbons (Fsp3) is 0.522. The molecule has 4 rings (SSSR count). The van der Waals surface area contributed by atoms with Gasteiger partial charge in [0.1, 0.15) is 6.04 Å². The van der Waals surface area contributed by atoms with Crippen LogP contribution in [0.4, 0.5) is 5.69 Å². The van der Waals surface area contributed by atoms with E-state index in [2.05, 4.69) is 67.9 Å². The van der Waals surface area contributed by atoms with Gasteiger partial charge in [0, 0.05) is 36.8 Å². The molecule has 0 spiro atoms. The van der Waals surface area contributed by atoms with Crippen molar-refractivity contribution in [3.05, 3.63) is 41.6 Å². The predicted octanol–water partition coefficient (Wildman–Crippen LogP) is 4.47. The highest BCUT2D eigenvalue weighted by atomic mass is 16.2. The third kappa shape index (κ3) is 2.77. The second kappa shape index (κ2) is 6.74.